The van der Waals surface area contributed by atoms with Crippen molar-refractivity contribution in [3.05, 3.63) is 5.28 Å². The number of aromatic nitrogens is 3. The Hall–Kier alpha value is -1.10. The van der Waals surface area contributed by atoms with Gasteiger partial charge in [-0.15, -0.1) is 0 Å². The standard InChI is InChI=1S/C8H14ClN5/c1-4-5-10-7-11-6(9)12-8(13-7)14(2)3/h4-5H2,1-3H3,(H,10,11,12,13). The summed E-state index contributed by atoms with van der Waals surface area (Å²) < 4.78 is 0. The van der Waals surface area contributed by atoms with E-state index in [-0.39, 0.29) is 5.28 Å². The molecule has 1 aromatic rings. The summed E-state index contributed by atoms with van der Waals surface area (Å²) in [5.74, 6) is 1.08. The predicted octanol–water partition coefficient (Wildman–Crippen LogP) is 1.41. The smallest absolute Gasteiger partial charge is 0.230 e. The van der Waals surface area contributed by atoms with Crippen molar-refractivity contribution < 1.29 is 0 Å². The predicted molar refractivity (Wildman–Crippen MR) is 57.9 cm³/mol. The first-order valence-electron chi connectivity index (χ1n) is 4.46. The van der Waals surface area contributed by atoms with Gasteiger partial charge in [-0.3, -0.25) is 0 Å². The highest BCUT2D eigenvalue weighted by Gasteiger charge is 2.05. The molecule has 0 unspecified atom stereocenters. The van der Waals surface area contributed by atoms with Crippen molar-refractivity contribution in [1.82, 2.24) is 15.0 Å². The quantitative estimate of drug-likeness (QED) is 0.823. The molecule has 5 nitrogen and oxygen atoms in total. The van der Waals surface area contributed by atoms with Crippen molar-refractivity contribution in [1.29, 1.82) is 0 Å². The SMILES string of the molecule is CCCNc1nc(Cl)nc(N(C)C)n1. The summed E-state index contributed by atoms with van der Waals surface area (Å²) >= 11 is 5.74. The second-order valence-electron chi connectivity index (χ2n) is 3.05. The minimum atomic E-state index is 0.210. The monoisotopic (exact) mass is 215 g/mol. The van der Waals surface area contributed by atoms with Gasteiger partial charge >= 0.3 is 0 Å². The molecular formula is C8H14ClN5. The van der Waals surface area contributed by atoms with Crippen LogP contribution in [-0.2, 0) is 0 Å². The summed E-state index contributed by atoms with van der Waals surface area (Å²) in [7, 11) is 3.71. The Morgan fingerprint density at radius 1 is 1.29 bits per heavy atom. The zero-order valence-electron chi connectivity index (χ0n) is 8.58. The van der Waals surface area contributed by atoms with E-state index in [1.165, 1.54) is 0 Å². The molecule has 0 aliphatic carbocycles. The van der Waals surface area contributed by atoms with Crippen LogP contribution in [0.25, 0.3) is 0 Å². The van der Waals surface area contributed by atoms with Gasteiger partial charge in [-0.05, 0) is 18.0 Å². The first kappa shape index (κ1) is 11.0. The van der Waals surface area contributed by atoms with E-state index in [1.807, 2.05) is 14.1 Å². The lowest BCUT2D eigenvalue weighted by Gasteiger charge is -2.11. The molecule has 0 saturated heterocycles. The van der Waals surface area contributed by atoms with E-state index < -0.39 is 0 Å². The van der Waals surface area contributed by atoms with E-state index in [4.69, 9.17) is 11.6 Å². The molecule has 0 fully saturated rings. The molecule has 1 heterocycles. The van der Waals surface area contributed by atoms with Crippen LogP contribution >= 0.6 is 11.6 Å². The van der Waals surface area contributed by atoms with Gasteiger partial charge < -0.3 is 10.2 Å². The van der Waals surface area contributed by atoms with Crippen molar-refractivity contribution in [3.63, 3.8) is 0 Å². The fourth-order valence-electron chi connectivity index (χ4n) is 0.855. The van der Waals surface area contributed by atoms with E-state index in [0.29, 0.717) is 11.9 Å². The van der Waals surface area contributed by atoms with Gasteiger partial charge in [0.2, 0.25) is 17.2 Å². The first-order valence-corrected chi connectivity index (χ1v) is 4.84. The number of nitrogens with one attached hydrogen (secondary N) is 1. The van der Waals surface area contributed by atoms with Crippen LogP contribution in [0, 0.1) is 0 Å². The van der Waals surface area contributed by atoms with Crippen LogP contribution in [0.3, 0.4) is 0 Å². The summed E-state index contributed by atoms with van der Waals surface area (Å²) in [5.41, 5.74) is 0. The van der Waals surface area contributed by atoms with Gasteiger partial charge in [0.25, 0.3) is 0 Å². The molecule has 0 spiro atoms. The van der Waals surface area contributed by atoms with Crippen molar-refractivity contribution in [2.75, 3.05) is 30.9 Å². The average Bonchev–Trinajstić information content (AvgIpc) is 2.14. The molecule has 78 valence electrons. The van der Waals surface area contributed by atoms with Crippen molar-refractivity contribution in [3.8, 4) is 0 Å². The highest BCUT2D eigenvalue weighted by Crippen LogP contribution is 2.10. The Bertz CT molecular complexity index is 302. The maximum atomic E-state index is 5.74. The lowest BCUT2D eigenvalue weighted by atomic mass is 10.5. The number of anilines is 2. The number of halogens is 1. The van der Waals surface area contributed by atoms with Crippen LogP contribution in [0.4, 0.5) is 11.9 Å². The van der Waals surface area contributed by atoms with E-state index in [9.17, 15) is 0 Å². The maximum Gasteiger partial charge on any atom is 0.230 e. The van der Waals surface area contributed by atoms with E-state index >= 15 is 0 Å². The van der Waals surface area contributed by atoms with Gasteiger partial charge in [-0.1, -0.05) is 6.92 Å². The lowest BCUT2D eigenvalue weighted by Crippen LogP contribution is -2.15. The molecule has 0 saturated carbocycles. The molecule has 1 N–H and O–H groups in total. The Kier molecular flexibility index (Phi) is 3.88. The molecule has 14 heavy (non-hydrogen) atoms. The highest BCUT2D eigenvalue weighted by molar-refractivity contribution is 6.28. The van der Waals surface area contributed by atoms with Crippen molar-refractivity contribution in [2.45, 2.75) is 13.3 Å². The zero-order valence-corrected chi connectivity index (χ0v) is 9.34. The Labute approximate surface area is 88.5 Å². The second kappa shape index (κ2) is 4.95. The van der Waals surface area contributed by atoms with Crippen LogP contribution in [0.2, 0.25) is 5.28 Å². The molecule has 6 heteroatoms. The van der Waals surface area contributed by atoms with Crippen LogP contribution in [0.5, 0.6) is 0 Å². The first-order chi connectivity index (χ1) is 6.63. The van der Waals surface area contributed by atoms with Crippen LogP contribution in [-0.4, -0.2) is 35.6 Å². The van der Waals surface area contributed by atoms with Gasteiger partial charge in [0.05, 0.1) is 0 Å². The molecule has 0 aliphatic heterocycles. The summed E-state index contributed by atoms with van der Waals surface area (Å²) in [5, 5.41) is 3.27. The Balaban J connectivity index is 2.84. The average molecular weight is 216 g/mol. The molecule has 1 aromatic heterocycles. The van der Waals surface area contributed by atoms with E-state index in [0.717, 1.165) is 13.0 Å². The molecular weight excluding hydrogens is 202 g/mol. The fourth-order valence-corrected chi connectivity index (χ4v) is 1.01. The minimum absolute atomic E-state index is 0.210. The third kappa shape index (κ3) is 2.99. The second-order valence-corrected chi connectivity index (χ2v) is 3.39. The summed E-state index contributed by atoms with van der Waals surface area (Å²) in [4.78, 5) is 13.9. The van der Waals surface area contributed by atoms with Gasteiger partial charge in [0.15, 0.2) is 0 Å². The maximum absolute atomic E-state index is 5.74. The van der Waals surface area contributed by atoms with E-state index in [1.54, 1.807) is 4.90 Å². The van der Waals surface area contributed by atoms with E-state index in [2.05, 4.69) is 27.2 Å². The third-order valence-corrected chi connectivity index (χ3v) is 1.70. The van der Waals surface area contributed by atoms with Crippen LogP contribution in [0.1, 0.15) is 13.3 Å². The Morgan fingerprint density at radius 3 is 2.57 bits per heavy atom. The molecule has 0 aliphatic rings. The van der Waals surface area contributed by atoms with Crippen LogP contribution < -0.4 is 10.2 Å². The van der Waals surface area contributed by atoms with Crippen molar-refractivity contribution >= 4 is 23.5 Å². The van der Waals surface area contributed by atoms with Crippen LogP contribution in [0.15, 0.2) is 0 Å². The molecule has 0 bridgehead atoms. The largest absolute Gasteiger partial charge is 0.354 e. The molecule has 0 atom stereocenters. The highest BCUT2D eigenvalue weighted by atomic mass is 35.5. The van der Waals surface area contributed by atoms with Gasteiger partial charge in [0, 0.05) is 20.6 Å². The number of hydrogen-bond donors (Lipinski definition) is 1. The number of nitrogens with zero attached hydrogens (tertiary/aromatic N) is 4. The molecule has 0 amide bonds. The number of rotatable bonds is 4. The topological polar surface area (TPSA) is 53.9 Å². The normalized spacial score (nSPS) is 10.0. The molecule has 1 rings (SSSR count). The summed E-state index contributed by atoms with van der Waals surface area (Å²) in [6.07, 6.45) is 1.01. The molecule has 0 radical (unpaired) electrons. The molecule has 0 aromatic carbocycles. The minimum Gasteiger partial charge on any atom is -0.354 e. The Morgan fingerprint density at radius 2 is 2.00 bits per heavy atom. The fraction of sp³-hybridized carbons (Fsp3) is 0.625. The third-order valence-electron chi connectivity index (χ3n) is 1.53. The summed E-state index contributed by atoms with van der Waals surface area (Å²) in [6.45, 7) is 2.90. The van der Waals surface area contributed by atoms with Gasteiger partial charge in [-0.2, -0.15) is 15.0 Å². The van der Waals surface area contributed by atoms with Crippen molar-refractivity contribution in [2.24, 2.45) is 0 Å². The number of hydrogen-bond acceptors (Lipinski definition) is 5. The zero-order chi connectivity index (χ0) is 10.6. The van der Waals surface area contributed by atoms with Gasteiger partial charge in [-0.25, -0.2) is 0 Å². The van der Waals surface area contributed by atoms with Gasteiger partial charge in [0.1, 0.15) is 0 Å². The summed E-state index contributed by atoms with van der Waals surface area (Å²) in [6, 6.07) is 0. The lowest BCUT2D eigenvalue weighted by molar-refractivity contribution is 0.916.